The molecular formula is C19H20F2O3. The van der Waals surface area contributed by atoms with E-state index in [-0.39, 0.29) is 22.5 Å². The van der Waals surface area contributed by atoms with Crippen molar-refractivity contribution in [1.29, 1.82) is 0 Å². The van der Waals surface area contributed by atoms with E-state index < -0.39 is 17.7 Å². The molecular weight excluding hydrogens is 314 g/mol. The fourth-order valence-corrected chi connectivity index (χ4v) is 2.80. The van der Waals surface area contributed by atoms with Gasteiger partial charge in [0.15, 0.2) is 22.7 Å². The highest BCUT2D eigenvalue weighted by molar-refractivity contribution is 6.05. The summed E-state index contributed by atoms with van der Waals surface area (Å²) >= 11 is 0. The van der Waals surface area contributed by atoms with Crippen molar-refractivity contribution in [3.63, 3.8) is 0 Å². The van der Waals surface area contributed by atoms with Gasteiger partial charge in [0.25, 0.3) is 0 Å². The number of unbranched alkanes of at least 4 members (excludes halogenated alkanes) is 2. The normalized spacial score (nSPS) is 12.9. The maximum atomic E-state index is 14.6. The second-order valence-corrected chi connectivity index (χ2v) is 5.93. The van der Waals surface area contributed by atoms with Crippen LogP contribution in [0.15, 0.2) is 28.7 Å². The van der Waals surface area contributed by atoms with E-state index in [0.717, 1.165) is 19.3 Å². The molecule has 1 aromatic heterocycles. The van der Waals surface area contributed by atoms with Gasteiger partial charge in [0.05, 0.1) is 12.7 Å². The third-order valence-electron chi connectivity index (χ3n) is 4.14. The van der Waals surface area contributed by atoms with Gasteiger partial charge in [0.1, 0.15) is 0 Å². The van der Waals surface area contributed by atoms with Crippen molar-refractivity contribution in [2.24, 2.45) is 0 Å². The van der Waals surface area contributed by atoms with Crippen molar-refractivity contribution >= 4 is 21.9 Å². The van der Waals surface area contributed by atoms with Gasteiger partial charge in [-0.2, -0.15) is 4.39 Å². The van der Waals surface area contributed by atoms with Crippen LogP contribution in [0, 0.1) is 11.6 Å². The van der Waals surface area contributed by atoms with Crippen LogP contribution in [0.25, 0.3) is 21.9 Å². The molecule has 0 amide bonds. The van der Waals surface area contributed by atoms with Gasteiger partial charge in [-0.05, 0) is 31.5 Å². The predicted octanol–water partition coefficient (Wildman–Crippen LogP) is 5.49. The van der Waals surface area contributed by atoms with Gasteiger partial charge in [0.2, 0.25) is 5.82 Å². The van der Waals surface area contributed by atoms with E-state index in [1.807, 2.05) is 0 Å². The molecule has 0 saturated heterocycles. The smallest absolute Gasteiger partial charge is 0.208 e. The van der Waals surface area contributed by atoms with Gasteiger partial charge < -0.3 is 14.3 Å². The molecule has 0 bridgehead atoms. The monoisotopic (exact) mass is 334 g/mol. The highest BCUT2D eigenvalue weighted by Crippen LogP contribution is 2.37. The van der Waals surface area contributed by atoms with Crippen LogP contribution < -0.4 is 4.74 Å². The molecule has 3 nitrogen and oxygen atoms in total. The second-order valence-electron chi connectivity index (χ2n) is 5.93. The Morgan fingerprint density at radius 2 is 1.71 bits per heavy atom. The minimum absolute atomic E-state index is 0.0281. The number of benzene rings is 2. The topological polar surface area (TPSA) is 42.6 Å². The van der Waals surface area contributed by atoms with Crippen molar-refractivity contribution in [1.82, 2.24) is 0 Å². The number of hydrogen-bond acceptors (Lipinski definition) is 3. The summed E-state index contributed by atoms with van der Waals surface area (Å²) in [6.07, 6.45) is 1.95. The van der Waals surface area contributed by atoms with Gasteiger partial charge in [-0.1, -0.05) is 25.8 Å². The lowest BCUT2D eigenvalue weighted by Gasteiger charge is -2.06. The van der Waals surface area contributed by atoms with Crippen LogP contribution in [0.5, 0.6) is 5.75 Å². The quantitative estimate of drug-likeness (QED) is 0.606. The molecule has 0 spiro atoms. The van der Waals surface area contributed by atoms with Gasteiger partial charge in [-0.15, -0.1) is 0 Å². The highest BCUT2D eigenvalue weighted by Gasteiger charge is 2.20. The average molecular weight is 334 g/mol. The number of aliphatic hydroxyl groups excluding tert-OH is 1. The van der Waals surface area contributed by atoms with Crippen LogP contribution in [0.3, 0.4) is 0 Å². The summed E-state index contributed by atoms with van der Waals surface area (Å²) in [4.78, 5) is 0. The van der Waals surface area contributed by atoms with E-state index in [2.05, 4.69) is 6.92 Å². The largest absolute Gasteiger partial charge is 0.490 e. The van der Waals surface area contributed by atoms with Crippen molar-refractivity contribution in [2.75, 3.05) is 6.61 Å². The van der Waals surface area contributed by atoms with Gasteiger partial charge >= 0.3 is 0 Å². The van der Waals surface area contributed by atoms with E-state index in [9.17, 15) is 13.9 Å². The minimum Gasteiger partial charge on any atom is -0.490 e. The van der Waals surface area contributed by atoms with Crippen molar-refractivity contribution < 1.29 is 23.0 Å². The van der Waals surface area contributed by atoms with E-state index >= 15 is 0 Å². The minimum atomic E-state index is -0.968. The van der Waals surface area contributed by atoms with Gasteiger partial charge in [-0.25, -0.2) is 4.39 Å². The lowest BCUT2D eigenvalue weighted by atomic mass is 10.1. The van der Waals surface area contributed by atoms with Crippen LogP contribution in [-0.2, 0) is 0 Å². The molecule has 128 valence electrons. The molecule has 0 aliphatic carbocycles. The first-order valence-corrected chi connectivity index (χ1v) is 8.18. The molecule has 3 aromatic rings. The van der Waals surface area contributed by atoms with Gasteiger partial charge in [-0.3, -0.25) is 0 Å². The lowest BCUT2D eigenvalue weighted by molar-refractivity contribution is 0.194. The number of hydrogen-bond donors (Lipinski definition) is 1. The molecule has 0 aliphatic heterocycles. The van der Waals surface area contributed by atoms with E-state index in [0.29, 0.717) is 17.4 Å². The molecule has 3 rings (SSSR count). The maximum absolute atomic E-state index is 14.6. The predicted molar refractivity (Wildman–Crippen MR) is 89.3 cm³/mol. The Morgan fingerprint density at radius 1 is 1.04 bits per heavy atom. The molecule has 0 radical (unpaired) electrons. The summed E-state index contributed by atoms with van der Waals surface area (Å²) in [6.45, 7) is 3.98. The number of halogens is 2. The van der Waals surface area contributed by atoms with Crippen molar-refractivity contribution in [3.05, 3.63) is 41.5 Å². The summed E-state index contributed by atoms with van der Waals surface area (Å²) in [6, 6.07) is 6.33. The van der Waals surface area contributed by atoms with E-state index in [4.69, 9.17) is 9.15 Å². The molecule has 0 fully saturated rings. The Bertz CT molecular complexity index is 868. The number of aliphatic hydroxyl groups is 1. The Kier molecular flexibility index (Phi) is 4.71. The van der Waals surface area contributed by atoms with E-state index in [1.54, 1.807) is 18.2 Å². The Balaban J connectivity index is 2.05. The molecule has 1 atom stereocenters. The van der Waals surface area contributed by atoms with Crippen LogP contribution in [0.2, 0.25) is 0 Å². The summed E-state index contributed by atoms with van der Waals surface area (Å²) < 4.78 is 40.0. The SMILES string of the molecule is CCCCCOc1ccc2c(oc3c(F)c([C@@H](C)O)ccc32)c1F. The maximum Gasteiger partial charge on any atom is 0.208 e. The molecule has 0 aliphatic rings. The molecule has 5 heteroatoms. The average Bonchev–Trinajstić information content (AvgIpc) is 2.94. The summed E-state index contributed by atoms with van der Waals surface area (Å²) in [5, 5.41) is 10.6. The molecule has 1 heterocycles. The number of ether oxygens (including phenoxy) is 1. The first-order chi connectivity index (χ1) is 11.5. The summed E-state index contributed by atoms with van der Waals surface area (Å²) in [7, 11) is 0. The van der Waals surface area contributed by atoms with Crippen molar-refractivity contribution in [3.8, 4) is 5.75 Å². The fourth-order valence-electron chi connectivity index (χ4n) is 2.80. The molecule has 1 N–H and O–H groups in total. The number of furan rings is 1. The molecule has 24 heavy (non-hydrogen) atoms. The zero-order chi connectivity index (χ0) is 17.3. The lowest BCUT2D eigenvalue weighted by Crippen LogP contribution is -1.99. The van der Waals surface area contributed by atoms with Crippen molar-refractivity contribution in [2.45, 2.75) is 39.2 Å². The van der Waals surface area contributed by atoms with Gasteiger partial charge in [0, 0.05) is 16.3 Å². The standard InChI is InChI=1S/C19H20F2O3/c1-3-4-5-10-23-15-9-8-14-13-7-6-12(11(2)22)16(20)18(13)24-19(14)17(15)21/h6-9,11,22H,3-5,10H2,1-2H3/t11-/m1/s1. The van der Waals surface area contributed by atoms with Crippen LogP contribution in [0.1, 0.15) is 44.8 Å². The first kappa shape index (κ1) is 16.7. The molecule has 0 unspecified atom stereocenters. The number of rotatable bonds is 6. The Hall–Kier alpha value is -2.14. The second kappa shape index (κ2) is 6.77. The fraction of sp³-hybridized carbons (Fsp3) is 0.368. The van der Waals surface area contributed by atoms with Crippen LogP contribution in [-0.4, -0.2) is 11.7 Å². The van der Waals surface area contributed by atoms with Crippen LogP contribution in [0.4, 0.5) is 8.78 Å². The number of fused-ring (bicyclic) bond motifs is 3. The Morgan fingerprint density at radius 3 is 2.38 bits per heavy atom. The zero-order valence-corrected chi connectivity index (χ0v) is 13.7. The molecule has 0 saturated carbocycles. The Labute approximate surface area is 138 Å². The zero-order valence-electron chi connectivity index (χ0n) is 13.7. The van der Waals surface area contributed by atoms with Crippen LogP contribution >= 0.6 is 0 Å². The first-order valence-electron chi connectivity index (χ1n) is 8.18. The van der Waals surface area contributed by atoms with E-state index in [1.165, 1.54) is 13.0 Å². The third kappa shape index (κ3) is 2.84. The molecule has 2 aromatic carbocycles. The summed E-state index contributed by atoms with van der Waals surface area (Å²) in [5.41, 5.74) is 0.0445. The summed E-state index contributed by atoms with van der Waals surface area (Å²) in [5.74, 6) is -1.18. The highest BCUT2D eigenvalue weighted by atomic mass is 19.1. The third-order valence-corrected chi connectivity index (χ3v) is 4.14.